The molecule has 0 saturated carbocycles. The number of carbonyl (C=O) groups excluding carboxylic acids is 2. The molecule has 2 heterocycles. The summed E-state index contributed by atoms with van der Waals surface area (Å²) in [7, 11) is 3.03. The standard InChI is InChI=1S/C23H20ClFN6O4S2/c1-34-13-6-7-17(35-2)16(10-13)31-18(11-27-21(33)20-14(24)4-3-5-15(20)25)29-30-23(31)37-12-19(32)28-22-26-8-9-36-22/h3-10H,11-12H2,1-2H3,(H,27,33)(H,26,28,32). The van der Waals surface area contributed by atoms with E-state index in [4.69, 9.17) is 21.1 Å². The molecule has 0 fully saturated rings. The maximum Gasteiger partial charge on any atom is 0.256 e. The molecule has 192 valence electrons. The molecule has 37 heavy (non-hydrogen) atoms. The van der Waals surface area contributed by atoms with Crippen LogP contribution in [0, 0.1) is 5.82 Å². The van der Waals surface area contributed by atoms with Crippen LogP contribution in [-0.2, 0) is 11.3 Å². The summed E-state index contributed by atoms with van der Waals surface area (Å²) in [4.78, 5) is 29.2. The monoisotopic (exact) mass is 562 g/mol. The van der Waals surface area contributed by atoms with Crippen molar-refractivity contribution in [2.24, 2.45) is 0 Å². The van der Waals surface area contributed by atoms with Crippen molar-refractivity contribution in [3.63, 3.8) is 0 Å². The quantitative estimate of drug-likeness (QED) is 0.276. The highest BCUT2D eigenvalue weighted by atomic mass is 35.5. The highest BCUT2D eigenvalue weighted by Crippen LogP contribution is 2.32. The Hall–Kier alpha value is -3.68. The van der Waals surface area contributed by atoms with Crippen molar-refractivity contribution in [3.8, 4) is 17.2 Å². The zero-order valence-corrected chi connectivity index (χ0v) is 21.9. The smallest absolute Gasteiger partial charge is 0.256 e. The summed E-state index contributed by atoms with van der Waals surface area (Å²) in [5.41, 5.74) is 0.241. The van der Waals surface area contributed by atoms with Gasteiger partial charge in [0.25, 0.3) is 5.91 Å². The summed E-state index contributed by atoms with van der Waals surface area (Å²) < 4.78 is 26.7. The predicted octanol–water partition coefficient (Wildman–Crippen LogP) is 4.19. The van der Waals surface area contributed by atoms with Gasteiger partial charge in [0.15, 0.2) is 16.1 Å². The zero-order valence-electron chi connectivity index (χ0n) is 19.5. The molecule has 14 heteroatoms. The fourth-order valence-electron chi connectivity index (χ4n) is 3.25. The highest BCUT2D eigenvalue weighted by molar-refractivity contribution is 7.99. The van der Waals surface area contributed by atoms with E-state index in [9.17, 15) is 14.0 Å². The van der Waals surface area contributed by atoms with Gasteiger partial charge in [-0.2, -0.15) is 0 Å². The van der Waals surface area contributed by atoms with Gasteiger partial charge in [-0.1, -0.05) is 29.4 Å². The largest absolute Gasteiger partial charge is 0.497 e. The van der Waals surface area contributed by atoms with Crippen molar-refractivity contribution in [1.29, 1.82) is 0 Å². The Labute approximate surface area is 224 Å². The number of hydrogen-bond acceptors (Lipinski definition) is 9. The van der Waals surface area contributed by atoms with Crippen LogP contribution in [-0.4, -0.2) is 51.5 Å². The third-order valence-corrected chi connectivity index (χ3v) is 6.87. The number of nitrogens with one attached hydrogen (secondary N) is 2. The maximum absolute atomic E-state index is 14.2. The Morgan fingerprint density at radius 1 is 1.19 bits per heavy atom. The van der Waals surface area contributed by atoms with Crippen LogP contribution >= 0.6 is 34.7 Å². The highest BCUT2D eigenvalue weighted by Gasteiger charge is 2.22. The Balaban J connectivity index is 1.63. The minimum absolute atomic E-state index is 0.0151. The maximum atomic E-state index is 14.2. The van der Waals surface area contributed by atoms with Gasteiger partial charge in [-0.3, -0.25) is 14.2 Å². The summed E-state index contributed by atoms with van der Waals surface area (Å²) in [6, 6.07) is 9.13. The van der Waals surface area contributed by atoms with E-state index in [1.165, 1.54) is 37.7 Å². The van der Waals surface area contributed by atoms with E-state index < -0.39 is 11.7 Å². The molecule has 0 saturated heterocycles. The Bertz CT molecular complexity index is 1400. The second-order valence-corrected chi connectivity index (χ2v) is 9.47. The number of rotatable bonds is 10. The zero-order chi connectivity index (χ0) is 26.4. The van der Waals surface area contributed by atoms with Crippen molar-refractivity contribution < 1.29 is 23.5 Å². The minimum atomic E-state index is -0.747. The first-order valence-electron chi connectivity index (χ1n) is 10.6. The molecular formula is C23H20ClFN6O4S2. The van der Waals surface area contributed by atoms with Crippen LogP contribution in [0.25, 0.3) is 5.69 Å². The van der Waals surface area contributed by atoms with E-state index in [1.54, 1.807) is 34.3 Å². The number of carbonyl (C=O) groups is 2. The molecule has 0 spiro atoms. The van der Waals surface area contributed by atoms with Crippen LogP contribution in [0.15, 0.2) is 53.1 Å². The normalized spacial score (nSPS) is 10.7. The van der Waals surface area contributed by atoms with Gasteiger partial charge in [0.1, 0.15) is 17.3 Å². The number of aromatic nitrogens is 4. The molecule has 0 unspecified atom stereocenters. The minimum Gasteiger partial charge on any atom is -0.497 e. The molecule has 0 radical (unpaired) electrons. The lowest BCUT2D eigenvalue weighted by atomic mass is 10.2. The molecule has 2 N–H and O–H groups in total. The summed E-state index contributed by atoms with van der Waals surface area (Å²) in [6.45, 7) is -0.122. The molecule has 2 amide bonds. The summed E-state index contributed by atoms with van der Waals surface area (Å²) >= 11 is 8.45. The average molecular weight is 563 g/mol. The van der Waals surface area contributed by atoms with Crippen LogP contribution in [0.4, 0.5) is 9.52 Å². The summed E-state index contributed by atoms with van der Waals surface area (Å²) in [5.74, 6) is -0.419. The van der Waals surface area contributed by atoms with E-state index in [0.29, 0.717) is 33.3 Å². The van der Waals surface area contributed by atoms with Crippen LogP contribution in [0.2, 0.25) is 5.02 Å². The van der Waals surface area contributed by atoms with E-state index in [-0.39, 0.29) is 28.8 Å². The van der Waals surface area contributed by atoms with Crippen LogP contribution in [0.5, 0.6) is 11.5 Å². The fourth-order valence-corrected chi connectivity index (χ4v) is 4.81. The number of anilines is 1. The van der Waals surface area contributed by atoms with Crippen LogP contribution < -0.4 is 20.1 Å². The second-order valence-electron chi connectivity index (χ2n) is 7.23. The number of nitrogens with zero attached hydrogens (tertiary/aromatic N) is 4. The molecular weight excluding hydrogens is 543 g/mol. The van der Waals surface area contributed by atoms with Crippen LogP contribution in [0.1, 0.15) is 16.2 Å². The number of halogens is 2. The Morgan fingerprint density at radius 2 is 2.03 bits per heavy atom. The van der Waals surface area contributed by atoms with E-state index in [2.05, 4.69) is 25.8 Å². The lowest BCUT2D eigenvalue weighted by molar-refractivity contribution is -0.113. The van der Waals surface area contributed by atoms with E-state index >= 15 is 0 Å². The molecule has 4 rings (SSSR count). The summed E-state index contributed by atoms with van der Waals surface area (Å²) in [5, 5.41) is 16.3. The number of ether oxygens (including phenoxy) is 2. The van der Waals surface area contributed by atoms with Crippen molar-refractivity contribution in [3.05, 3.63) is 70.2 Å². The third kappa shape index (κ3) is 6.18. The topological polar surface area (TPSA) is 120 Å². The first-order valence-corrected chi connectivity index (χ1v) is 12.9. The molecule has 0 aliphatic heterocycles. The lowest BCUT2D eigenvalue weighted by Crippen LogP contribution is -2.26. The summed E-state index contributed by atoms with van der Waals surface area (Å²) in [6.07, 6.45) is 1.59. The van der Waals surface area contributed by atoms with Crippen molar-refractivity contribution in [1.82, 2.24) is 25.1 Å². The number of thioether (sulfide) groups is 1. The number of hydrogen-bond donors (Lipinski definition) is 2. The van der Waals surface area contributed by atoms with Crippen molar-refractivity contribution in [2.75, 3.05) is 25.3 Å². The van der Waals surface area contributed by atoms with Gasteiger partial charge in [-0.15, -0.1) is 21.5 Å². The first-order chi connectivity index (χ1) is 17.9. The van der Waals surface area contributed by atoms with E-state index in [0.717, 1.165) is 17.8 Å². The molecule has 0 bridgehead atoms. The molecule has 0 aliphatic carbocycles. The van der Waals surface area contributed by atoms with Gasteiger partial charge in [0.05, 0.1) is 42.8 Å². The lowest BCUT2D eigenvalue weighted by Gasteiger charge is -2.15. The number of methoxy groups -OCH3 is 2. The van der Waals surface area contributed by atoms with Gasteiger partial charge in [-0.05, 0) is 24.3 Å². The first kappa shape index (κ1) is 26.4. The van der Waals surface area contributed by atoms with Crippen molar-refractivity contribution in [2.45, 2.75) is 11.7 Å². The molecule has 2 aromatic heterocycles. The second kappa shape index (κ2) is 12.0. The van der Waals surface area contributed by atoms with Crippen molar-refractivity contribution >= 4 is 51.6 Å². The molecule has 4 aromatic rings. The number of amides is 2. The third-order valence-electron chi connectivity index (χ3n) is 4.94. The van der Waals surface area contributed by atoms with Gasteiger partial charge in [0.2, 0.25) is 5.91 Å². The van der Waals surface area contributed by atoms with E-state index in [1.807, 2.05) is 0 Å². The predicted molar refractivity (Wildman–Crippen MR) is 139 cm³/mol. The molecule has 0 aliphatic rings. The SMILES string of the molecule is COc1ccc(OC)c(-n2c(CNC(=O)c3c(F)cccc3Cl)nnc2SCC(=O)Nc2nccs2)c1. The van der Waals surface area contributed by atoms with Gasteiger partial charge < -0.3 is 20.1 Å². The average Bonchev–Trinajstić information content (AvgIpc) is 3.55. The molecule has 0 atom stereocenters. The Morgan fingerprint density at radius 3 is 2.73 bits per heavy atom. The number of benzene rings is 2. The number of thiazole rings is 1. The van der Waals surface area contributed by atoms with Gasteiger partial charge >= 0.3 is 0 Å². The van der Waals surface area contributed by atoms with Gasteiger partial charge in [0, 0.05) is 17.6 Å². The Kier molecular flexibility index (Phi) is 8.58. The molecule has 10 nitrogen and oxygen atoms in total. The van der Waals surface area contributed by atoms with Gasteiger partial charge in [-0.25, -0.2) is 9.37 Å². The van der Waals surface area contributed by atoms with Crippen LogP contribution in [0.3, 0.4) is 0 Å². The molecule has 2 aromatic carbocycles. The fraction of sp³-hybridized carbons (Fsp3) is 0.174.